The zero-order chi connectivity index (χ0) is 9.68. The first-order chi connectivity index (χ1) is 6.27. The van der Waals surface area contributed by atoms with Crippen molar-refractivity contribution < 1.29 is 0 Å². The molecule has 72 valence electrons. The number of hydrogen-bond donors (Lipinski definition) is 1. The lowest BCUT2D eigenvalue weighted by molar-refractivity contribution is 0.596. The quantitative estimate of drug-likeness (QED) is 0.699. The maximum atomic E-state index is 5.75. The third-order valence-electron chi connectivity index (χ3n) is 2.51. The summed E-state index contributed by atoms with van der Waals surface area (Å²) in [4.78, 5) is 0. The molecule has 1 aromatic carbocycles. The van der Waals surface area contributed by atoms with E-state index >= 15 is 0 Å². The Morgan fingerprint density at radius 1 is 1.31 bits per heavy atom. The molecule has 1 rings (SSSR count). The van der Waals surface area contributed by atoms with Crippen LogP contribution in [0.15, 0.2) is 24.3 Å². The highest BCUT2D eigenvalue weighted by Crippen LogP contribution is 2.25. The van der Waals surface area contributed by atoms with Crippen LogP contribution in [-0.2, 0) is 0 Å². The van der Waals surface area contributed by atoms with E-state index in [2.05, 4.69) is 26.0 Å². The summed E-state index contributed by atoms with van der Waals surface area (Å²) < 4.78 is 0. The van der Waals surface area contributed by atoms with Gasteiger partial charge in [0, 0.05) is 5.69 Å². The fourth-order valence-electron chi connectivity index (χ4n) is 1.77. The van der Waals surface area contributed by atoms with Gasteiger partial charge in [-0.3, -0.25) is 0 Å². The first-order valence-corrected chi connectivity index (χ1v) is 5.13. The van der Waals surface area contributed by atoms with Crippen LogP contribution < -0.4 is 5.73 Å². The standard InChI is InChI=1S/C12H19N/c1-3-6-10(4-2)11-7-5-8-12(13)9-11/h5,7-10H,3-4,6,13H2,1-2H3. The first kappa shape index (κ1) is 10.1. The smallest absolute Gasteiger partial charge is 0.0316 e. The summed E-state index contributed by atoms with van der Waals surface area (Å²) in [6.07, 6.45) is 3.71. The first-order valence-electron chi connectivity index (χ1n) is 5.13. The van der Waals surface area contributed by atoms with Gasteiger partial charge in [0.25, 0.3) is 0 Å². The summed E-state index contributed by atoms with van der Waals surface area (Å²) in [6, 6.07) is 8.27. The minimum atomic E-state index is 0.688. The lowest BCUT2D eigenvalue weighted by Crippen LogP contribution is -1.97. The fourth-order valence-corrected chi connectivity index (χ4v) is 1.77. The van der Waals surface area contributed by atoms with Crippen molar-refractivity contribution in [3.8, 4) is 0 Å². The highest BCUT2D eigenvalue weighted by Gasteiger charge is 2.07. The largest absolute Gasteiger partial charge is 0.399 e. The van der Waals surface area contributed by atoms with E-state index in [0.717, 1.165) is 5.69 Å². The van der Waals surface area contributed by atoms with Crippen LogP contribution in [0.4, 0.5) is 5.69 Å². The number of nitrogens with two attached hydrogens (primary N) is 1. The van der Waals surface area contributed by atoms with Crippen molar-refractivity contribution in [1.29, 1.82) is 0 Å². The molecule has 1 atom stereocenters. The van der Waals surface area contributed by atoms with Crippen LogP contribution in [0.25, 0.3) is 0 Å². The van der Waals surface area contributed by atoms with Gasteiger partial charge in [-0.25, -0.2) is 0 Å². The van der Waals surface area contributed by atoms with Crippen LogP contribution >= 0.6 is 0 Å². The summed E-state index contributed by atoms with van der Waals surface area (Å²) in [7, 11) is 0. The molecule has 2 N–H and O–H groups in total. The molecule has 0 radical (unpaired) electrons. The molecule has 1 aromatic rings. The van der Waals surface area contributed by atoms with E-state index in [1.807, 2.05) is 12.1 Å². The van der Waals surface area contributed by atoms with Gasteiger partial charge in [0.15, 0.2) is 0 Å². The molecule has 13 heavy (non-hydrogen) atoms. The van der Waals surface area contributed by atoms with E-state index in [9.17, 15) is 0 Å². The molecule has 0 heterocycles. The lowest BCUT2D eigenvalue weighted by Gasteiger charge is -2.14. The third-order valence-corrected chi connectivity index (χ3v) is 2.51. The highest BCUT2D eigenvalue weighted by molar-refractivity contribution is 5.41. The van der Waals surface area contributed by atoms with Crippen LogP contribution in [0.1, 0.15) is 44.6 Å². The summed E-state index contributed by atoms with van der Waals surface area (Å²) in [5, 5.41) is 0. The van der Waals surface area contributed by atoms with Crippen molar-refractivity contribution >= 4 is 5.69 Å². The Labute approximate surface area is 81.0 Å². The summed E-state index contributed by atoms with van der Waals surface area (Å²) in [6.45, 7) is 4.47. The van der Waals surface area contributed by atoms with E-state index in [1.54, 1.807) is 0 Å². The molecule has 0 amide bonds. The lowest BCUT2D eigenvalue weighted by atomic mass is 9.92. The molecule has 0 saturated heterocycles. The molecule has 1 heteroatoms. The third kappa shape index (κ3) is 2.76. The number of benzene rings is 1. The second kappa shape index (κ2) is 4.90. The van der Waals surface area contributed by atoms with Gasteiger partial charge >= 0.3 is 0 Å². The van der Waals surface area contributed by atoms with Gasteiger partial charge in [0.05, 0.1) is 0 Å². The van der Waals surface area contributed by atoms with Crippen LogP contribution in [0.2, 0.25) is 0 Å². The Morgan fingerprint density at radius 2 is 2.08 bits per heavy atom. The van der Waals surface area contributed by atoms with Gasteiger partial charge in [-0.1, -0.05) is 32.4 Å². The topological polar surface area (TPSA) is 26.0 Å². The maximum Gasteiger partial charge on any atom is 0.0316 e. The molecular formula is C12H19N. The maximum absolute atomic E-state index is 5.75. The average molecular weight is 177 g/mol. The van der Waals surface area contributed by atoms with Crippen molar-refractivity contribution in [2.75, 3.05) is 5.73 Å². The Kier molecular flexibility index (Phi) is 3.81. The Hall–Kier alpha value is -0.980. The summed E-state index contributed by atoms with van der Waals surface area (Å²) in [5.74, 6) is 0.688. The van der Waals surface area contributed by atoms with Crippen LogP contribution in [0.5, 0.6) is 0 Å². The van der Waals surface area contributed by atoms with E-state index in [0.29, 0.717) is 5.92 Å². The van der Waals surface area contributed by atoms with Gasteiger partial charge in [0.2, 0.25) is 0 Å². The summed E-state index contributed by atoms with van der Waals surface area (Å²) >= 11 is 0. The Morgan fingerprint density at radius 3 is 2.62 bits per heavy atom. The Bertz CT molecular complexity index is 255. The van der Waals surface area contributed by atoms with Crippen molar-refractivity contribution in [2.45, 2.75) is 39.0 Å². The molecule has 0 aliphatic heterocycles. The molecule has 0 aliphatic carbocycles. The molecule has 0 bridgehead atoms. The predicted molar refractivity (Wildman–Crippen MR) is 58.8 cm³/mol. The summed E-state index contributed by atoms with van der Waals surface area (Å²) in [5.41, 5.74) is 8.02. The van der Waals surface area contributed by atoms with Gasteiger partial charge in [0.1, 0.15) is 0 Å². The molecule has 1 unspecified atom stereocenters. The van der Waals surface area contributed by atoms with Crippen molar-refractivity contribution in [2.24, 2.45) is 0 Å². The molecule has 0 saturated carbocycles. The predicted octanol–water partition coefficient (Wildman–Crippen LogP) is 3.56. The number of anilines is 1. The fraction of sp³-hybridized carbons (Fsp3) is 0.500. The van der Waals surface area contributed by atoms with Gasteiger partial charge in [-0.15, -0.1) is 0 Å². The van der Waals surface area contributed by atoms with Crippen molar-refractivity contribution in [3.05, 3.63) is 29.8 Å². The highest BCUT2D eigenvalue weighted by atomic mass is 14.5. The second-order valence-corrected chi connectivity index (χ2v) is 3.56. The van der Waals surface area contributed by atoms with Gasteiger partial charge in [-0.05, 0) is 36.5 Å². The minimum absolute atomic E-state index is 0.688. The van der Waals surface area contributed by atoms with E-state index in [1.165, 1.54) is 24.8 Å². The normalized spacial score (nSPS) is 12.8. The van der Waals surface area contributed by atoms with Gasteiger partial charge < -0.3 is 5.73 Å². The molecule has 0 aromatic heterocycles. The zero-order valence-corrected chi connectivity index (χ0v) is 8.59. The number of hydrogen-bond acceptors (Lipinski definition) is 1. The van der Waals surface area contributed by atoms with Gasteiger partial charge in [-0.2, -0.15) is 0 Å². The number of nitrogen functional groups attached to an aromatic ring is 1. The monoisotopic (exact) mass is 177 g/mol. The molecule has 1 nitrogen and oxygen atoms in total. The molecule has 0 fully saturated rings. The Balaban J connectivity index is 2.78. The molecule has 0 spiro atoms. The van der Waals surface area contributed by atoms with Crippen molar-refractivity contribution in [1.82, 2.24) is 0 Å². The molecular weight excluding hydrogens is 158 g/mol. The van der Waals surface area contributed by atoms with Crippen LogP contribution in [0.3, 0.4) is 0 Å². The van der Waals surface area contributed by atoms with Crippen LogP contribution in [-0.4, -0.2) is 0 Å². The van der Waals surface area contributed by atoms with E-state index < -0.39 is 0 Å². The second-order valence-electron chi connectivity index (χ2n) is 3.56. The minimum Gasteiger partial charge on any atom is -0.399 e. The van der Waals surface area contributed by atoms with Crippen LogP contribution in [0, 0.1) is 0 Å². The van der Waals surface area contributed by atoms with E-state index in [4.69, 9.17) is 5.73 Å². The zero-order valence-electron chi connectivity index (χ0n) is 8.59. The molecule has 0 aliphatic rings. The van der Waals surface area contributed by atoms with Crippen molar-refractivity contribution in [3.63, 3.8) is 0 Å². The number of rotatable bonds is 4. The SMILES string of the molecule is CCCC(CC)c1cccc(N)c1. The average Bonchev–Trinajstić information content (AvgIpc) is 2.14. The van der Waals surface area contributed by atoms with E-state index in [-0.39, 0.29) is 0 Å².